The smallest absolute Gasteiger partial charge is 0.0981 e. The summed E-state index contributed by atoms with van der Waals surface area (Å²) in [5.41, 5.74) is 14.1. The van der Waals surface area contributed by atoms with Crippen molar-refractivity contribution >= 4 is 11.1 Å². The minimum Gasteiger partial charge on any atom is -0.472 e. The number of allylic oxidation sites excluding steroid dienone is 4. The van der Waals surface area contributed by atoms with Gasteiger partial charge in [0.25, 0.3) is 0 Å². The fourth-order valence-corrected chi connectivity index (χ4v) is 4.89. The molecule has 0 bridgehead atoms. The lowest BCUT2D eigenvalue weighted by Gasteiger charge is -2.24. The lowest BCUT2D eigenvalue weighted by atomic mass is 9.81. The van der Waals surface area contributed by atoms with Gasteiger partial charge in [-0.25, -0.2) is 0 Å². The first-order valence-electron chi connectivity index (χ1n) is 11.4. The Morgan fingerprint density at radius 1 is 0.774 bits per heavy atom. The summed E-state index contributed by atoms with van der Waals surface area (Å²) < 4.78 is 5.41. The number of rotatable bonds is 2. The molecule has 0 saturated carbocycles. The number of hydrogen-bond donors (Lipinski definition) is 0. The van der Waals surface area contributed by atoms with Crippen molar-refractivity contribution < 1.29 is 4.42 Å². The van der Waals surface area contributed by atoms with E-state index < -0.39 is 0 Å². The average molecular weight is 409 g/mol. The zero-order valence-electron chi connectivity index (χ0n) is 19.6. The van der Waals surface area contributed by atoms with E-state index in [1.54, 1.807) is 6.26 Å². The van der Waals surface area contributed by atoms with Crippen molar-refractivity contribution in [3.63, 3.8) is 0 Å². The summed E-state index contributed by atoms with van der Waals surface area (Å²) in [4.78, 5) is 0. The first-order valence-corrected chi connectivity index (χ1v) is 11.4. The van der Waals surface area contributed by atoms with E-state index in [-0.39, 0.29) is 10.8 Å². The van der Waals surface area contributed by atoms with E-state index in [1.807, 2.05) is 6.26 Å². The van der Waals surface area contributed by atoms with E-state index in [1.165, 1.54) is 55.7 Å². The molecule has 0 saturated heterocycles. The molecule has 2 aliphatic rings. The molecule has 1 aromatic heterocycles. The van der Waals surface area contributed by atoms with Gasteiger partial charge in [-0.3, -0.25) is 0 Å². The van der Waals surface area contributed by atoms with Crippen LogP contribution in [0.2, 0.25) is 0 Å². The number of hydrogen-bond acceptors (Lipinski definition) is 1. The van der Waals surface area contributed by atoms with Gasteiger partial charge in [0.2, 0.25) is 0 Å². The molecule has 0 aliphatic heterocycles. The molecule has 158 valence electrons. The SMILES string of the molecule is CC(C)(C)c1ccc2c(c1)-c1cc(C(C)(C)C)cc(C3=C(c4ccoc4)C=CC3)c1C2. The molecule has 1 nitrogen and oxygen atoms in total. The third-order valence-electron chi connectivity index (χ3n) is 6.84. The van der Waals surface area contributed by atoms with Gasteiger partial charge in [0, 0.05) is 5.56 Å². The Hall–Kier alpha value is -2.80. The summed E-state index contributed by atoms with van der Waals surface area (Å²) in [6.45, 7) is 13.9. The average Bonchev–Trinajstić information content (AvgIpc) is 3.43. The summed E-state index contributed by atoms with van der Waals surface area (Å²) in [5, 5.41) is 0. The number of benzene rings is 2. The van der Waals surface area contributed by atoms with Gasteiger partial charge in [-0.1, -0.05) is 84.0 Å². The highest BCUT2D eigenvalue weighted by atomic mass is 16.3. The minimum atomic E-state index is 0.0938. The van der Waals surface area contributed by atoms with E-state index in [2.05, 4.69) is 90.1 Å². The maximum Gasteiger partial charge on any atom is 0.0981 e. The molecular weight excluding hydrogens is 376 g/mol. The molecule has 31 heavy (non-hydrogen) atoms. The highest BCUT2D eigenvalue weighted by molar-refractivity contribution is 6.01. The third-order valence-corrected chi connectivity index (χ3v) is 6.84. The molecule has 0 radical (unpaired) electrons. The van der Waals surface area contributed by atoms with Crippen molar-refractivity contribution in [1.29, 1.82) is 0 Å². The molecule has 1 heterocycles. The fourth-order valence-electron chi connectivity index (χ4n) is 4.89. The molecule has 0 amide bonds. The zero-order valence-corrected chi connectivity index (χ0v) is 19.6. The molecule has 0 unspecified atom stereocenters. The summed E-state index contributed by atoms with van der Waals surface area (Å²) in [5.74, 6) is 0. The molecule has 2 aromatic carbocycles. The standard InChI is InChI=1S/C30H32O/c1-29(2,3)21-11-10-19-14-26-27(24-9-7-8-23(24)20-12-13-31-18-20)16-22(30(4,5)6)17-28(26)25(19)15-21/h7-8,10-13,15-18H,9,14H2,1-6H3. The largest absolute Gasteiger partial charge is 0.472 e. The molecule has 3 aromatic rings. The molecule has 0 N–H and O–H groups in total. The Labute approximate surface area is 186 Å². The van der Waals surface area contributed by atoms with Gasteiger partial charge in [-0.05, 0) is 79.8 Å². The van der Waals surface area contributed by atoms with Crippen LogP contribution in [-0.4, -0.2) is 0 Å². The van der Waals surface area contributed by atoms with Crippen molar-refractivity contribution in [3.8, 4) is 11.1 Å². The van der Waals surface area contributed by atoms with Gasteiger partial charge in [0.15, 0.2) is 0 Å². The van der Waals surface area contributed by atoms with Crippen molar-refractivity contribution in [2.75, 3.05) is 0 Å². The predicted octanol–water partition coefficient (Wildman–Crippen LogP) is 8.32. The maximum atomic E-state index is 5.41. The Morgan fingerprint density at radius 3 is 2.16 bits per heavy atom. The van der Waals surface area contributed by atoms with E-state index in [0.717, 1.165) is 12.8 Å². The second kappa shape index (κ2) is 6.85. The molecule has 0 fully saturated rings. The Bertz CT molecular complexity index is 1220. The van der Waals surface area contributed by atoms with Crippen LogP contribution in [0.4, 0.5) is 0 Å². The summed E-state index contributed by atoms with van der Waals surface area (Å²) in [6.07, 6.45) is 10.2. The Kier molecular flexibility index (Phi) is 4.45. The lowest BCUT2D eigenvalue weighted by molar-refractivity contribution is 0.566. The zero-order chi connectivity index (χ0) is 22.0. The van der Waals surface area contributed by atoms with Crippen LogP contribution in [0.3, 0.4) is 0 Å². The number of furan rings is 1. The normalized spacial score (nSPS) is 15.5. The molecule has 0 spiro atoms. The maximum absolute atomic E-state index is 5.41. The van der Waals surface area contributed by atoms with Crippen molar-refractivity contribution in [1.82, 2.24) is 0 Å². The predicted molar refractivity (Wildman–Crippen MR) is 131 cm³/mol. The quantitative estimate of drug-likeness (QED) is 0.325. The molecule has 1 heteroatoms. The first kappa shape index (κ1) is 20.1. The summed E-state index contributed by atoms with van der Waals surface area (Å²) in [7, 11) is 0. The van der Waals surface area contributed by atoms with Crippen molar-refractivity contribution in [3.05, 3.63) is 94.5 Å². The van der Waals surface area contributed by atoms with Gasteiger partial charge in [-0.2, -0.15) is 0 Å². The third kappa shape index (κ3) is 3.41. The monoisotopic (exact) mass is 408 g/mol. The van der Waals surface area contributed by atoms with Gasteiger partial charge >= 0.3 is 0 Å². The van der Waals surface area contributed by atoms with Gasteiger partial charge in [0.05, 0.1) is 12.5 Å². The van der Waals surface area contributed by atoms with E-state index >= 15 is 0 Å². The van der Waals surface area contributed by atoms with Crippen LogP contribution in [0.5, 0.6) is 0 Å². The second-order valence-electron chi connectivity index (χ2n) is 11.1. The van der Waals surface area contributed by atoms with Crippen LogP contribution < -0.4 is 0 Å². The Balaban J connectivity index is 1.76. The topological polar surface area (TPSA) is 13.1 Å². The van der Waals surface area contributed by atoms with Crippen molar-refractivity contribution in [2.24, 2.45) is 0 Å². The van der Waals surface area contributed by atoms with Crippen LogP contribution in [-0.2, 0) is 17.3 Å². The van der Waals surface area contributed by atoms with Gasteiger partial charge in [0.1, 0.15) is 0 Å². The number of fused-ring (bicyclic) bond motifs is 3. The molecule has 5 rings (SSSR count). The molecule has 0 atom stereocenters. The molecule has 2 aliphatic carbocycles. The van der Waals surface area contributed by atoms with E-state index in [9.17, 15) is 0 Å². The van der Waals surface area contributed by atoms with E-state index in [4.69, 9.17) is 4.42 Å². The highest BCUT2D eigenvalue weighted by Gasteiger charge is 2.29. The van der Waals surface area contributed by atoms with Crippen molar-refractivity contribution in [2.45, 2.75) is 65.2 Å². The van der Waals surface area contributed by atoms with Crippen LogP contribution >= 0.6 is 0 Å². The van der Waals surface area contributed by atoms with E-state index in [0.29, 0.717) is 0 Å². The van der Waals surface area contributed by atoms with Gasteiger partial charge in [-0.15, -0.1) is 0 Å². The van der Waals surface area contributed by atoms with Crippen LogP contribution in [0.25, 0.3) is 22.3 Å². The lowest BCUT2D eigenvalue weighted by Crippen LogP contribution is -2.12. The fraction of sp³-hybridized carbons (Fsp3) is 0.333. The van der Waals surface area contributed by atoms with Gasteiger partial charge < -0.3 is 4.42 Å². The van der Waals surface area contributed by atoms with Crippen LogP contribution in [0, 0.1) is 0 Å². The second-order valence-corrected chi connectivity index (χ2v) is 11.1. The summed E-state index contributed by atoms with van der Waals surface area (Å²) >= 11 is 0. The van der Waals surface area contributed by atoms with Crippen LogP contribution in [0.1, 0.15) is 81.3 Å². The summed E-state index contributed by atoms with van der Waals surface area (Å²) in [6, 6.07) is 14.1. The Morgan fingerprint density at radius 2 is 1.48 bits per heavy atom. The molecular formula is C30H32O. The first-order chi connectivity index (χ1) is 14.6. The minimum absolute atomic E-state index is 0.0938. The van der Waals surface area contributed by atoms with Crippen LogP contribution in [0.15, 0.2) is 65.5 Å². The highest BCUT2D eigenvalue weighted by Crippen LogP contribution is 2.47.